The third kappa shape index (κ3) is 3.87. The molecule has 5 aromatic carbocycles. The van der Waals surface area contributed by atoms with Crippen LogP contribution in [0.1, 0.15) is 55.8 Å². The second kappa shape index (κ2) is 10.4. The number of para-hydroxylation sites is 1. The van der Waals surface area contributed by atoms with Crippen LogP contribution in [0.2, 0.25) is 0 Å². The number of rotatable bonds is 0. The van der Waals surface area contributed by atoms with E-state index in [1.54, 1.807) is 0 Å². The second-order valence-electron chi connectivity index (χ2n) is 16.6. The van der Waals surface area contributed by atoms with Crippen molar-refractivity contribution in [1.29, 1.82) is 0 Å². The van der Waals surface area contributed by atoms with Gasteiger partial charge in [-0.05, 0) is 96.1 Å². The van der Waals surface area contributed by atoms with E-state index in [-0.39, 0.29) is 17.4 Å². The van der Waals surface area contributed by atoms with E-state index in [9.17, 15) is 0 Å². The molecule has 258 valence electrons. The van der Waals surface area contributed by atoms with Gasteiger partial charge in [0.05, 0.1) is 28.0 Å². The molecule has 7 heterocycles. The maximum atomic E-state index is 6.75. The van der Waals surface area contributed by atoms with E-state index in [1.807, 2.05) is 0 Å². The summed E-state index contributed by atoms with van der Waals surface area (Å²) in [4.78, 5) is 0. The van der Waals surface area contributed by atoms with Gasteiger partial charge >= 0.3 is 0 Å². The molecular formula is C50H39N3O+2. The molecule has 0 saturated carbocycles. The third-order valence-electron chi connectivity index (χ3n) is 12.7. The first-order chi connectivity index (χ1) is 26.3. The van der Waals surface area contributed by atoms with Crippen LogP contribution in [0.3, 0.4) is 0 Å². The first-order valence-electron chi connectivity index (χ1n) is 19.3. The molecule has 2 aliphatic rings. The number of nitrogens with zero attached hydrogens (tertiary/aromatic N) is 3. The second-order valence-corrected chi connectivity index (χ2v) is 16.6. The average Bonchev–Trinajstić information content (AvgIpc) is 3.85. The van der Waals surface area contributed by atoms with Crippen molar-refractivity contribution >= 4 is 65.7 Å². The summed E-state index contributed by atoms with van der Waals surface area (Å²) in [6.45, 7) is 11.7. The summed E-state index contributed by atoms with van der Waals surface area (Å²) in [7, 11) is 0. The number of fused-ring (bicyclic) bond motifs is 19. The van der Waals surface area contributed by atoms with Gasteiger partial charge in [0.25, 0.3) is 0 Å². The molecule has 2 unspecified atom stereocenters. The van der Waals surface area contributed by atoms with Crippen LogP contribution in [0.25, 0.3) is 88.2 Å². The van der Waals surface area contributed by atoms with Crippen molar-refractivity contribution in [3.63, 3.8) is 0 Å². The third-order valence-corrected chi connectivity index (χ3v) is 12.7. The lowest BCUT2D eigenvalue weighted by Crippen LogP contribution is -2.53. The molecule has 0 spiro atoms. The molecular weight excluding hydrogens is 659 g/mol. The van der Waals surface area contributed by atoms with E-state index < -0.39 is 0 Å². The van der Waals surface area contributed by atoms with Crippen molar-refractivity contribution < 1.29 is 13.6 Å². The van der Waals surface area contributed by atoms with Crippen molar-refractivity contribution in [1.82, 2.24) is 4.40 Å². The molecule has 4 nitrogen and oxygen atoms in total. The lowest BCUT2D eigenvalue weighted by molar-refractivity contribution is -0.727. The molecule has 4 heteroatoms. The Balaban J connectivity index is 1.17. The minimum atomic E-state index is 0.0335. The van der Waals surface area contributed by atoms with Crippen LogP contribution >= 0.6 is 0 Å². The summed E-state index contributed by atoms with van der Waals surface area (Å²) in [5.41, 5.74) is 15.9. The molecule has 2 atom stereocenters. The van der Waals surface area contributed by atoms with Gasteiger partial charge in [-0.2, -0.15) is 9.13 Å². The minimum Gasteiger partial charge on any atom is -0.456 e. The van der Waals surface area contributed by atoms with Crippen LogP contribution in [0.15, 0.2) is 145 Å². The highest BCUT2D eigenvalue weighted by molar-refractivity contribution is 6.34. The SMILES string of the molecule is C=C1C2C(CCc3cc4c(cc3-c3cccc[n+]31)c1cc3oc5ccc(C(C)(C)C)cc5c3c3c5ccccc5n4c13)c1ccccc1-c1cccc[n+]12. The van der Waals surface area contributed by atoms with Crippen LogP contribution in [-0.2, 0) is 11.8 Å². The number of allylic oxidation sites excluding steroid dienone is 1. The van der Waals surface area contributed by atoms with E-state index in [0.29, 0.717) is 0 Å². The van der Waals surface area contributed by atoms with E-state index in [1.165, 1.54) is 88.1 Å². The number of benzene rings is 5. The standard InChI is InChI=1S/C50H39N3O/c1-29-48-34(32-13-5-6-14-33(32)40-16-10-12-24-52(40)48)21-19-30-25-43-37(27-36(30)41-17-9-11-23-51(29)41)38-28-45-46(39-26-31(50(2,3)4)20-22-44(39)54-45)47-35-15-7-8-18-42(35)53(43)49(38)47/h5-18,20,22-28,34,48H,1,19,21H2,2-4H3/q+2. The minimum absolute atomic E-state index is 0.0335. The zero-order chi connectivity index (χ0) is 36.0. The van der Waals surface area contributed by atoms with Crippen LogP contribution in [-0.4, -0.2) is 4.40 Å². The van der Waals surface area contributed by atoms with Gasteiger partial charge in [0.1, 0.15) is 11.2 Å². The van der Waals surface area contributed by atoms with Gasteiger partial charge in [-0.25, -0.2) is 0 Å². The fourth-order valence-corrected chi connectivity index (χ4v) is 10.2. The predicted molar refractivity (Wildman–Crippen MR) is 220 cm³/mol. The largest absolute Gasteiger partial charge is 0.456 e. The van der Waals surface area contributed by atoms with Gasteiger partial charge in [-0.15, -0.1) is 0 Å². The summed E-state index contributed by atoms with van der Waals surface area (Å²) in [6.07, 6.45) is 6.41. The fourth-order valence-electron chi connectivity index (χ4n) is 10.2. The van der Waals surface area contributed by atoms with E-state index >= 15 is 0 Å². The van der Waals surface area contributed by atoms with Crippen molar-refractivity contribution in [2.75, 3.05) is 0 Å². The Hall–Kier alpha value is -6.26. The number of aromatic nitrogens is 3. The van der Waals surface area contributed by atoms with Gasteiger partial charge in [0.2, 0.25) is 23.1 Å². The average molecular weight is 698 g/mol. The molecule has 10 aromatic rings. The molecule has 12 rings (SSSR count). The quantitative estimate of drug-likeness (QED) is 0.145. The summed E-state index contributed by atoms with van der Waals surface area (Å²) < 4.78 is 14.1. The molecule has 0 N–H and O–H groups in total. The molecule has 54 heavy (non-hydrogen) atoms. The van der Waals surface area contributed by atoms with Crippen LogP contribution in [0.4, 0.5) is 0 Å². The Kier molecular flexibility index (Phi) is 5.85. The van der Waals surface area contributed by atoms with Crippen LogP contribution < -0.4 is 9.13 Å². The smallest absolute Gasteiger partial charge is 0.249 e. The van der Waals surface area contributed by atoms with Crippen LogP contribution in [0.5, 0.6) is 0 Å². The Morgan fingerprint density at radius 1 is 0.667 bits per heavy atom. The van der Waals surface area contributed by atoms with E-state index in [0.717, 1.165) is 29.7 Å². The molecule has 0 amide bonds. The molecule has 0 bridgehead atoms. The number of hydrogen-bond donors (Lipinski definition) is 0. The van der Waals surface area contributed by atoms with Gasteiger partial charge in [-0.3, -0.25) is 0 Å². The number of furan rings is 1. The molecule has 0 aliphatic carbocycles. The van der Waals surface area contributed by atoms with Crippen molar-refractivity contribution in [3.8, 4) is 22.5 Å². The van der Waals surface area contributed by atoms with Crippen molar-refractivity contribution in [3.05, 3.63) is 157 Å². The van der Waals surface area contributed by atoms with Gasteiger partial charge < -0.3 is 8.82 Å². The van der Waals surface area contributed by atoms with Gasteiger partial charge in [0.15, 0.2) is 12.4 Å². The predicted octanol–water partition coefficient (Wildman–Crippen LogP) is 11.7. The molecule has 0 radical (unpaired) electrons. The first kappa shape index (κ1) is 30.2. The van der Waals surface area contributed by atoms with Gasteiger partial charge in [0, 0.05) is 62.1 Å². The lowest BCUT2D eigenvalue weighted by atomic mass is 9.78. The Morgan fingerprint density at radius 2 is 1.46 bits per heavy atom. The van der Waals surface area contributed by atoms with Crippen molar-refractivity contribution in [2.24, 2.45) is 0 Å². The zero-order valence-corrected chi connectivity index (χ0v) is 30.7. The maximum Gasteiger partial charge on any atom is 0.249 e. The molecule has 0 fully saturated rings. The van der Waals surface area contributed by atoms with E-state index in [4.69, 9.17) is 11.0 Å². The Labute approximate surface area is 313 Å². The summed E-state index contributed by atoms with van der Waals surface area (Å²) in [5, 5.41) is 7.44. The maximum absolute atomic E-state index is 6.75. The van der Waals surface area contributed by atoms with Crippen LogP contribution in [0, 0.1) is 0 Å². The topological polar surface area (TPSA) is 25.3 Å². The summed E-state index contributed by atoms with van der Waals surface area (Å²) in [5.74, 6) is 0.267. The lowest BCUT2D eigenvalue weighted by Gasteiger charge is -2.29. The monoisotopic (exact) mass is 697 g/mol. The normalized spacial score (nSPS) is 17.1. The first-order valence-corrected chi connectivity index (χ1v) is 19.3. The molecule has 0 saturated heterocycles. The number of pyridine rings is 2. The molecule has 5 aromatic heterocycles. The molecule has 2 aliphatic heterocycles. The fraction of sp³-hybridized carbons (Fsp3) is 0.160. The Morgan fingerprint density at radius 3 is 2.35 bits per heavy atom. The summed E-state index contributed by atoms with van der Waals surface area (Å²) in [6, 6.07) is 45.2. The zero-order valence-electron chi connectivity index (χ0n) is 30.7. The van der Waals surface area contributed by atoms with E-state index in [2.05, 4.69) is 168 Å². The highest BCUT2D eigenvalue weighted by Gasteiger charge is 2.46. The van der Waals surface area contributed by atoms with Gasteiger partial charge in [-0.1, -0.05) is 63.2 Å². The Bertz CT molecular complexity index is 3240. The number of hydrogen-bond acceptors (Lipinski definition) is 1. The number of aryl methyl sites for hydroxylation is 1. The summed E-state index contributed by atoms with van der Waals surface area (Å²) >= 11 is 0. The highest BCUT2D eigenvalue weighted by atomic mass is 16.3. The van der Waals surface area contributed by atoms with Crippen molar-refractivity contribution in [2.45, 2.75) is 51.0 Å². The highest BCUT2D eigenvalue weighted by Crippen LogP contribution is 2.49.